The zero-order valence-corrected chi connectivity index (χ0v) is 11.3. The highest BCUT2D eigenvalue weighted by Crippen LogP contribution is 2.17. The number of rotatable bonds is 5. The molecule has 0 atom stereocenters. The summed E-state index contributed by atoms with van der Waals surface area (Å²) in [5, 5.41) is 6.69. The third-order valence-corrected chi connectivity index (χ3v) is 2.55. The normalized spacial score (nSPS) is 12.8. The molecule has 0 bridgehead atoms. The van der Waals surface area contributed by atoms with E-state index in [1.807, 2.05) is 5.01 Å². The van der Waals surface area contributed by atoms with Crippen LogP contribution in [0.1, 0.15) is 48.5 Å². The first-order valence-electron chi connectivity index (χ1n) is 5.80. The van der Waals surface area contributed by atoms with Gasteiger partial charge < -0.3 is 0 Å². The van der Waals surface area contributed by atoms with Crippen molar-refractivity contribution in [1.82, 2.24) is 5.01 Å². The van der Waals surface area contributed by atoms with E-state index < -0.39 is 0 Å². The summed E-state index contributed by atoms with van der Waals surface area (Å²) in [7, 11) is 0. The van der Waals surface area contributed by atoms with Crippen LogP contribution in [-0.4, -0.2) is 16.8 Å². The quantitative estimate of drug-likeness (QED) is 0.496. The number of hydrogen-bond donors (Lipinski definition) is 0. The zero-order chi connectivity index (χ0) is 12.2. The van der Waals surface area contributed by atoms with Gasteiger partial charge in [0.1, 0.15) is 0 Å². The van der Waals surface area contributed by atoms with Crippen molar-refractivity contribution in [3.63, 3.8) is 0 Å². The van der Waals surface area contributed by atoms with Crippen LogP contribution in [0.3, 0.4) is 0 Å². The monoisotopic (exact) mass is 210 g/mol. The predicted octanol–water partition coefficient (Wildman–Crippen LogP) is 3.90. The van der Waals surface area contributed by atoms with Crippen LogP contribution < -0.4 is 0 Å². The smallest absolute Gasteiger partial charge is 0.0465 e. The first-order valence-corrected chi connectivity index (χ1v) is 5.80. The Morgan fingerprint density at radius 2 is 1.47 bits per heavy atom. The van der Waals surface area contributed by atoms with E-state index >= 15 is 0 Å². The molecule has 0 unspecified atom stereocenters. The highest BCUT2D eigenvalue weighted by Gasteiger charge is 2.14. The summed E-state index contributed by atoms with van der Waals surface area (Å²) in [4.78, 5) is 0. The lowest BCUT2D eigenvalue weighted by Gasteiger charge is -2.29. The van der Waals surface area contributed by atoms with Crippen LogP contribution >= 0.6 is 0 Å². The van der Waals surface area contributed by atoms with Gasteiger partial charge in [0.2, 0.25) is 0 Å². The lowest BCUT2D eigenvalue weighted by atomic mass is 10.1. The summed E-state index contributed by atoms with van der Waals surface area (Å²) in [6.07, 6.45) is 0. The van der Waals surface area contributed by atoms with Crippen molar-refractivity contribution in [2.24, 2.45) is 16.9 Å². The van der Waals surface area contributed by atoms with Crippen molar-refractivity contribution in [1.29, 1.82) is 0 Å². The molecule has 0 heterocycles. The molecule has 0 radical (unpaired) electrons. The number of hydrazone groups is 1. The molecular formula is C13H26N2. The van der Waals surface area contributed by atoms with Crippen molar-refractivity contribution in [3.8, 4) is 0 Å². The molecule has 0 aliphatic heterocycles. The fraction of sp³-hybridized carbons (Fsp3) is 0.769. The lowest BCUT2D eigenvalue weighted by molar-refractivity contribution is 0.271. The van der Waals surface area contributed by atoms with E-state index in [2.05, 4.69) is 60.1 Å². The minimum atomic E-state index is 0.369. The number of hydrogen-bond acceptors (Lipinski definition) is 2. The van der Waals surface area contributed by atoms with E-state index in [1.54, 1.807) is 0 Å². The van der Waals surface area contributed by atoms with Crippen LogP contribution in [0.25, 0.3) is 0 Å². The van der Waals surface area contributed by atoms with Gasteiger partial charge in [0.15, 0.2) is 0 Å². The van der Waals surface area contributed by atoms with Crippen molar-refractivity contribution in [2.45, 2.75) is 54.5 Å². The highest BCUT2D eigenvalue weighted by molar-refractivity contribution is 5.83. The molecule has 0 aliphatic rings. The van der Waals surface area contributed by atoms with Crippen molar-refractivity contribution < 1.29 is 0 Å². The second-order valence-electron chi connectivity index (χ2n) is 4.98. The highest BCUT2D eigenvalue weighted by atomic mass is 15.5. The van der Waals surface area contributed by atoms with Gasteiger partial charge in [-0.25, -0.2) is 0 Å². The van der Waals surface area contributed by atoms with Crippen LogP contribution in [0.5, 0.6) is 0 Å². The molecule has 0 fully saturated rings. The molecule has 88 valence electrons. The third kappa shape index (κ3) is 4.50. The summed E-state index contributed by atoms with van der Waals surface area (Å²) in [5.74, 6) is 0.933. The van der Waals surface area contributed by atoms with Gasteiger partial charge in [0, 0.05) is 17.5 Å². The number of allylic oxidation sites excluding steroid dienone is 1. The average Bonchev–Trinajstić information content (AvgIpc) is 2.11. The van der Waals surface area contributed by atoms with Crippen LogP contribution in [0.15, 0.2) is 17.4 Å². The molecule has 0 spiro atoms. The van der Waals surface area contributed by atoms with Crippen LogP contribution in [0.4, 0.5) is 0 Å². The maximum absolute atomic E-state index is 4.65. The fourth-order valence-corrected chi connectivity index (χ4v) is 1.06. The van der Waals surface area contributed by atoms with Gasteiger partial charge >= 0.3 is 0 Å². The molecule has 0 saturated carbocycles. The van der Waals surface area contributed by atoms with E-state index in [-0.39, 0.29) is 0 Å². The molecular weight excluding hydrogens is 184 g/mol. The van der Waals surface area contributed by atoms with Crippen LogP contribution in [0, 0.1) is 11.8 Å². The standard InChI is InChI=1S/C13H26N2/c1-9(2)12(7)14-15(11(5)6)13(8)10(3)4/h9-11H,8H2,1-7H3/b14-12+. The Hall–Kier alpha value is -0.790. The first-order chi connectivity index (χ1) is 6.77. The maximum Gasteiger partial charge on any atom is 0.0465 e. The molecule has 0 N–H and O–H groups in total. The van der Waals surface area contributed by atoms with E-state index in [4.69, 9.17) is 0 Å². The molecule has 15 heavy (non-hydrogen) atoms. The van der Waals surface area contributed by atoms with Gasteiger partial charge in [-0.1, -0.05) is 34.3 Å². The molecule has 0 aliphatic carbocycles. The third-order valence-electron chi connectivity index (χ3n) is 2.55. The number of nitrogens with zero attached hydrogens (tertiary/aromatic N) is 2. The molecule has 0 saturated heterocycles. The minimum absolute atomic E-state index is 0.369. The minimum Gasteiger partial charge on any atom is -0.268 e. The summed E-state index contributed by atoms with van der Waals surface area (Å²) in [6.45, 7) is 19.1. The first kappa shape index (κ1) is 14.2. The lowest BCUT2D eigenvalue weighted by Crippen LogP contribution is -2.28. The molecule has 2 nitrogen and oxygen atoms in total. The predicted molar refractivity (Wildman–Crippen MR) is 68.9 cm³/mol. The van der Waals surface area contributed by atoms with Gasteiger partial charge in [-0.05, 0) is 32.6 Å². The van der Waals surface area contributed by atoms with Crippen molar-refractivity contribution in [3.05, 3.63) is 12.3 Å². The molecule has 0 aromatic rings. The maximum atomic E-state index is 4.65. The Morgan fingerprint density at radius 1 is 1.00 bits per heavy atom. The Morgan fingerprint density at radius 3 is 1.73 bits per heavy atom. The van der Waals surface area contributed by atoms with Crippen LogP contribution in [0.2, 0.25) is 0 Å². The van der Waals surface area contributed by atoms with E-state index in [0.717, 1.165) is 11.4 Å². The largest absolute Gasteiger partial charge is 0.268 e. The second-order valence-corrected chi connectivity index (χ2v) is 4.98. The topological polar surface area (TPSA) is 15.6 Å². The second kappa shape index (κ2) is 5.94. The average molecular weight is 210 g/mol. The summed E-state index contributed by atoms with van der Waals surface area (Å²) in [5.41, 5.74) is 2.25. The summed E-state index contributed by atoms with van der Waals surface area (Å²) < 4.78 is 0. The zero-order valence-electron chi connectivity index (χ0n) is 11.3. The fourth-order valence-electron chi connectivity index (χ4n) is 1.06. The SMILES string of the molecule is C=C(C(C)C)N(/N=C(\C)C(C)C)C(C)C. The van der Waals surface area contributed by atoms with Crippen LogP contribution in [-0.2, 0) is 0 Å². The molecule has 0 aromatic heterocycles. The van der Waals surface area contributed by atoms with E-state index in [1.165, 1.54) is 0 Å². The van der Waals surface area contributed by atoms with Gasteiger partial charge in [-0.15, -0.1) is 0 Å². The van der Waals surface area contributed by atoms with Crippen molar-refractivity contribution in [2.75, 3.05) is 0 Å². The van der Waals surface area contributed by atoms with Crippen molar-refractivity contribution >= 4 is 5.71 Å². The summed E-state index contributed by atoms with van der Waals surface area (Å²) >= 11 is 0. The Kier molecular flexibility index (Phi) is 5.63. The Balaban J connectivity index is 4.84. The Labute approximate surface area is 95.1 Å². The van der Waals surface area contributed by atoms with Gasteiger partial charge in [0.05, 0.1) is 0 Å². The van der Waals surface area contributed by atoms with Gasteiger partial charge in [-0.2, -0.15) is 5.10 Å². The van der Waals surface area contributed by atoms with Gasteiger partial charge in [0.25, 0.3) is 0 Å². The van der Waals surface area contributed by atoms with Gasteiger partial charge in [-0.3, -0.25) is 5.01 Å². The molecule has 0 aromatic carbocycles. The molecule has 0 amide bonds. The molecule has 0 rings (SSSR count). The Bertz CT molecular complexity index is 237. The van der Waals surface area contributed by atoms with E-state index in [9.17, 15) is 0 Å². The molecule has 2 heteroatoms. The summed E-state index contributed by atoms with van der Waals surface area (Å²) in [6, 6.07) is 0.369. The van der Waals surface area contributed by atoms with E-state index in [0.29, 0.717) is 17.9 Å².